The third kappa shape index (κ3) is 2.01. The molecular weight excluding hydrogens is 318 g/mol. The summed E-state index contributed by atoms with van der Waals surface area (Å²) in [5, 5.41) is 0. The highest BCUT2D eigenvalue weighted by Crippen LogP contribution is 2.46. The van der Waals surface area contributed by atoms with Crippen molar-refractivity contribution in [3.05, 3.63) is 28.2 Å². The minimum atomic E-state index is -0.0966. The third-order valence-corrected chi connectivity index (χ3v) is 5.29. The summed E-state index contributed by atoms with van der Waals surface area (Å²) in [5.74, 6) is 0.309. The molecule has 1 saturated heterocycles. The summed E-state index contributed by atoms with van der Waals surface area (Å²) < 4.78 is 0.811. The summed E-state index contributed by atoms with van der Waals surface area (Å²) in [7, 11) is 0. The highest BCUT2D eigenvalue weighted by atomic mass is 79.9. The number of anilines is 1. The van der Waals surface area contributed by atoms with Crippen molar-refractivity contribution in [1.82, 2.24) is 0 Å². The number of hydrogen-bond donors (Lipinski definition) is 0. The Morgan fingerprint density at radius 2 is 1.80 bits per heavy atom. The molecular formula is C16H18BrNO2. The van der Waals surface area contributed by atoms with E-state index in [4.69, 9.17) is 0 Å². The Kier molecular flexibility index (Phi) is 3.44. The van der Waals surface area contributed by atoms with Crippen molar-refractivity contribution in [1.29, 1.82) is 0 Å². The molecule has 0 radical (unpaired) electrons. The van der Waals surface area contributed by atoms with E-state index in [1.807, 2.05) is 25.1 Å². The van der Waals surface area contributed by atoms with Gasteiger partial charge in [0.25, 0.3) is 0 Å². The fourth-order valence-corrected chi connectivity index (χ4v) is 4.16. The third-order valence-electron chi connectivity index (χ3n) is 4.66. The lowest BCUT2D eigenvalue weighted by Gasteiger charge is -2.19. The molecule has 2 fully saturated rings. The molecule has 0 spiro atoms. The lowest BCUT2D eigenvalue weighted by molar-refractivity contribution is -0.123. The number of fused-ring (bicyclic) bond motifs is 1. The fraction of sp³-hybridized carbons (Fsp3) is 0.500. The number of halogens is 1. The first-order chi connectivity index (χ1) is 9.52. The number of carbonyl (C=O) groups is 2. The van der Waals surface area contributed by atoms with Gasteiger partial charge in [0.15, 0.2) is 0 Å². The first-order valence-electron chi connectivity index (χ1n) is 7.17. The van der Waals surface area contributed by atoms with Crippen LogP contribution in [0.25, 0.3) is 0 Å². The van der Waals surface area contributed by atoms with Crippen molar-refractivity contribution in [3.63, 3.8) is 0 Å². The molecule has 1 aromatic carbocycles. The van der Waals surface area contributed by atoms with Gasteiger partial charge in [-0.1, -0.05) is 19.4 Å². The van der Waals surface area contributed by atoms with Gasteiger partial charge >= 0.3 is 0 Å². The van der Waals surface area contributed by atoms with Crippen LogP contribution in [0.1, 0.15) is 31.7 Å². The molecule has 1 aliphatic carbocycles. The molecule has 2 amide bonds. The predicted molar refractivity (Wildman–Crippen MR) is 81.4 cm³/mol. The summed E-state index contributed by atoms with van der Waals surface area (Å²) >= 11 is 3.47. The van der Waals surface area contributed by atoms with Gasteiger partial charge in [-0.05, 0) is 59.3 Å². The second kappa shape index (κ2) is 4.99. The molecule has 2 unspecified atom stereocenters. The Morgan fingerprint density at radius 3 is 2.30 bits per heavy atom. The SMILES string of the molecule is CCC1CC2C(=O)N(c3ccc(C)cc3Br)C(=O)C2C1. The highest BCUT2D eigenvalue weighted by molar-refractivity contribution is 9.10. The quantitative estimate of drug-likeness (QED) is 0.773. The lowest BCUT2D eigenvalue weighted by atomic mass is 10.00. The van der Waals surface area contributed by atoms with Crippen LogP contribution in [0.4, 0.5) is 5.69 Å². The van der Waals surface area contributed by atoms with E-state index in [2.05, 4.69) is 22.9 Å². The second-order valence-corrected chi connectivity index (χ2v) is 6.78. The maximum Gasteiger partial charge on any atom is 0.237 e. The average molecular weight is 336 g/mol. The molecule has 0 aromatic heterocycles. The van der Waals surface area contributed by atoms with Crippen LogP contribution >= 0.6 is 15.9 Å². The number of amides is 2. The smallest absolute Gasteiger partial charge is 0.237 e. The van der Waals surface area contributed by atoms with Gasteiger partial charge in [-0.15, -0.1) is 0 Å². The molecule has 3 nitrogen and oxygen atoms in total. The zero-order valence-corrected chi connectivity index (χ0v) is 13.3. The van der Waals surface area contributed by atoms with Crippen molar-refractivity contribution in [2.24, 2.45) is 17.8 Å². The summed E-state index contributed by atoms with van der Waals surface area (Å²) in [6, 6.07) is 5.73. The topological polar surface area (TPSA) is 37.4 Å². The summed E-state index contributed by atoms with van der Waals surface area (Å²) in [5.41, 5.74) is 1.79. The van der Waals surface area contributed by atoms with Gasteiger partial charge < -0.3 is 0 Å². The van der Waals surface area contributed by atoms with E-state index < -0.39 is 0 Å². The van der Waals surface area contributed by atoms with E-state index in [9.17, 15) is 9.59 Å². The van der Waals surface area contributed by atoms with Crippen LogP contribution in [-0.2, 0) is 9.59 Å². The van der Waals surface area contributed by atoms with Crippen molar-refractivity contribution in [2.75, 3.05) is 4.90 Å². The molecule has 1 aromatic rings. The molecule has 20 heavy (non-hydrogen) atoms. The van der Waals surface area contributed by atoms with Crippen LogP contribution < -0.4 is 4.90 Å². The number of rotatable bonds is 2. The first-order valence-corrected chi connectivity index (χ1v) is 7.96. The van der Waals surface area contributed by atoms with E-state index in [0.29, 0.717) is 11.6 Å². The maximum atomic E-state index is 12.6. The second-order valence-electron chi connectivity index (χ2n) is 5.93. The van der Waals surface area contributed by atoms with E-state index in [1.54, 1.807) is 0 Å². The molecule has 1 heterocycles. The van der Waals surface area contributed by atoms with E-state index in [0.717, 1.165) is 29.3 Å². The van der Waals surface area contributed by atoms with Gasteiger partial charge in [-0.3, -0.25) is 9.59 Å². The van der Waals surface area contributed by atoms with Crippen LogP contribution in [0.2, 0.25) is 0 Å². The van der Waals surface area contributed by atoms with Gasteiger partial charge in [0.05, 0.1) is 17.5 Å². The Hall–Kier alpha value is -1.16. The van der Waals surface area contributed by atoms with Crippen LogP contribution in [-0.4, -0.2) is 11.8 Å². The monoisotopic (exact) mass is 335 g/mol. The number of nitrogens with zero attached hydrogens (tertiary/aromatic N) is 1. The summed E-state index contributed by atoms with van der Waals surface area (Å²) in [4.78, 5) is 26.6. The predicted octanol–water partition coefficient (Wildman–Crippen LogP) is 3.68. The molecule has 4 heteroatoms. The molecule has 1 saturated carbocycles. The van der Waals surface area contributed by atoms with Crippen molar-refractivity contribution in [2.45, 2.75) is 33.1 Å². The molecule has 3 rings (SSSR count). The Labute approximate surface area is 127 Å². The van der Waals surface area contributed by atoms with Crippen LogP contribution in [0.3, 0.4) is 0 Å². The number of hydrogen-bond acceptors (Lipinski definition) is 2. The van der Waals surface area contributed by atoms with Gasteiger partial charge in [0.2, 0.25) is 11.8 Å². The van der Waals surface area contributed by atoms with Gasteiger partial charge in [-0.2, -0.15) is 0 Å². The zero-order chi connectivity index (χ0) is 14.4. The normalized spacial score (nSPS) is 29.1. The van der Waals surface area contributed by atoms with E-state index >= 15 is 0 Å². The van der Waals surface area contributed by atoms with Crippen molar-refractivity contribution in [3.8, 4) is 0 Å². The number of carbonyl (C=O) groups excluding carboxylic acids is 2. The fourth-order valence-electron chi connectivity index (χ4n) is 3.49. The molecule has 0 bridgehead atoms. The molecule has 2 aliphatic rings. The van der Waals surface area contributed by atoms with E-state index in [1.165, 1.54) is 4.90 Å². The van der Waals surface area contributed by atoms with Gasteiger partial charge in [0.1, 0.15) is 0 Å². The lowest BCUT2D eigenvalue weighted by Crippen LogP contribution is -2.32. The molecule has 0 N–H and O–H groups in total. The summed E-state index contributed by atoms with van der Waals surface area (Å²) in [6.45, 7) is 4.12. The minimum absolute atomic E-state index is 0.0134. The van der Waals surface area contributed by atoms with Crippen molar-refractivity contribution >= 4 is 33.4 Å². The maximum absolute atomic E-state index is 12.6. The summed E-state index contributed by atoms with van der Waals surface area (Å²) in [6.07, 6.45) is 2.79. The Balaban J connectivity index is 1.94. The standard InChI is InChI=1S/C16H18BrNO2/c1-3-10-7-11-12(8-10)16(20)18(15(11)19)14-5-4-9(2)6-13(14)17/h4-6,10-12H,3,7-8H2,1-2H3. The highest BCUT2D eigenvalue weighted by Gasteiger charge is 2.52. The van der Waals surface area contributed by atoms with Crippen LogP contribution in [0.5, 0.6) is 0 Å². The van der Waals surface area contributed by atoms with Gasteiger partial charge in [0, 0.05) is 4.47 Å². The Bertz CT molecular complexity index is 560. The Morgan fingerprint density at radius 1 is 1.20 bits per heavy atom. The zero-order valence-electron chi connectivity index (χ0n) is 11.7. The van der Waals surface area contributed by atoms with Crippen LogP contribution in [0, 0.1) is 24.7 Å². The molecule has 1 aliphatic heterocycles. The number of imide groups is 1. The van der Waals surface area contributed by atoms with Crippen molar-refractivity contribution < 1.29 is 9.59 Å². The average Bonchev–Trinajstić information content (AvgIpc) is 2.93. The molecule has 106 valence electrons. The largest absolute Gasteiger partial charge is 0.274 e. The minimum Gasteiger partial charge on any atom is -0.274 e. The van der Waals surface area contributed by atoms with E-state index in [-0.39, 0.29) is 23.7 Å². The van der Waals surface area contributed by atoms with Gasteiger partial charge in [-0.25, -0.2) is 4.90 Å². The number of aryl methyl sites for hydroxylation is 1. The number of benzene rings is 1. The molecule has 2 atom stereocenters. The first kappa shape index (κ1) is 13.8. The van der Waals surface area contributed by atoms with Crippen LogP contribution in [0.15, 0.2) is 22.7 Å².